The van der Waals surface area contributed by atoms with E-state index in [2.05, 4.69) is 24.5 Å². The number of halogens is 1. The second-order valence-corrected chi connectivity index (χ2v) is 4.97. The molecule has 0 aromatic rings. The zero-order valence-corrected chi connectivity index (χ0v) is 11.9. The lowest BCUT2D eigenvalue weighted by Gasteiger charge is -2.21. The van der Waals surface area contributed by atoms with Gasteiger partial charge in [-0.1, -0.05) is 26.2 Å². The summed E-state index contributed by atoms with van der Waals surface area (Å²) in [5.41, 5.74) is 0. The number of nitrogens with one attached hydrogen (secondary N) is 2. The summed E-state index contributed by atoms with van der Waals surface area (Å²) in [5, 5.41) is 6.30. The second kappa shape index (κ2) is 9.72. The molecular weight excluding hydrogens is 236 g/mol. The summed E-state index contributed by atoms with van der Waals surface area (Å²) in [6.07, 6.45) is 7.21. The van der Waals surface area contributed by atoms with Gasteiger partial charge in [0, 0.05) is 19.0 Å². The molecule has 0 aliphatic heterocycles. The van der Waals surface area contributed by atoms with Gasteiger partial charge in [-0.05, 0) is 32.2 Å². The Morgan fingerprint density at radius 3 is 2.53 bits per heavy atom. The van der Waals surface area contributed by atoms with Crippen LogP contribution in [0.3, 0.4) is 0 Å². The minimum Gasteiger partial charge on any atom is -0.355 e. The third-order valence-corrected chi connectivity index (χ3v) is 3.36. The van der Waals surface area contributed by atoms with Crippen LogP contribution in [-0.4, -0.2) is 25.0 Å². The Balaban J connectivity index is 0.00000256. The average molecular weight is 263 g/mol. The average Bonchev–Trinajstić information content (AvgIpc) is 2.28. The van der Waals surface area contributed by atoms with Crippen LogP contribution < -0.4 is 10.6 Å². The van der Waals surface area contributed by atoms with Gasteiger partial charge < -0.3 is 10.6 Å². The monoisotopic (exact) mass is 262 g/mol. The number of hydrogen-bond donors (Lipinski definition) is 2. The predicted octanol–water partition coefficient (Wildman–Crippen LogP) is 2.49. The molecule has 0 aromatic carbocycles. The lowest BCUT2D eigenvalue weighted by molar-refractivity contribution is -0.122. The van der Waals surface area contributed by atoms with Crippen molar-refractivity contribution < 1.29 is 4.79 Å². The largest absolute Gasteiger partial charge is 0.355 e. The first-order valence-electron chi connectivity index (χ1n) is 6.72. The van der Waals surface area contributed by atoms with Crippen LogP contribution in [0.2, 0.25) is 0 Å². The first kappa shape index (κ1) is 16.7. The first-order valence-corrected chi connectivity index (χ1v) is 6.72. The van der Waals surface area contributed by atoms with Crippen molar-refractivity contribution in [3.8, 4) is 0 Å². The zero-order chi connectivity index (χ0) is 11.8. The lowest BCUT2D eigenvalue weighted by Crippen LogP contribution is -2.39. The highest BCUT2D eigenvalue weighted by Gasteiger charge is 2.16. The molecular formula is C13H27ClN2O. The molecule has 17 heavy (non-hydrogen) atoms. The van der Waals surface area contributed by atoms with Gasteiger partial charge in [0.25, 0.3) is 0 Å². The van der Waals surface area contributed by atoms with Gasteiger partial charge in [0.1, 0.15) is 0 Å². The van der Waals surface area contributed by atoms with Crippen molar-refractivity contribution in [2.45, 2.75) is 58.4 Å². The Bertz CT molecular complexity index is 206. The summed E-state index contributed by atoms with van der Waals surface area (Å²) in [5.74, 6) is 0.875. The maximum Gasteiger partial charge on any atom is 0.220 e. The predicted molar refractivity (Wildman–Crippen MR) is 74.6 cm³/mol. The van der Waals surface area contributed by atoms with Crippen LogP contribution in [0.1, 0.15) is 52.4 Å². The summed E-state index contributed by atoms with van der Waals surface area (Å²) >= 11 is 0. The Labute approximate surface area is 112 Å². The van der Waals surface area contributed by atoms with E-state index >= 15 is 0 Å². The normalized spacial score (nSPS) is 18.2. The first-order chi connectivity index (χ1) is 7.72. The summed E-state index contributed by atoms with van der Waals surface area (Å²) in [7, 11) is 0. The van der Waals surface area contributed by atoms with E-state index in [1.807, 2.05) is 0 Å². The van der Waals surface area contributed by atoms with Crippen molar-refractivity contribution in [2.24, 2.45) is 5.92 Å². The Kier molecular flexibility index (Phi) is 9.56. The fourth-order valence-electron chi connectivity index (χ4n) is 2.41. The second-order valence-electron chi connectivity index (χ2n) is 4.97. The van der Waals surface area contributed by atoms with E-state index in [1.165, 1.54) is 32.1 Å². The van der Waals surface area contributed by atoms with Crippen LogP contribution in [-0.2, 0) is 4.79 Å². The Morgan fingerprint density at radius 2 is 1.94 bits per heavy atom. The van der Waals surface area contributed by atoms with Gasteiger partial charge in [-0.25, -0.2) is 0 Å². The molecule has 1 saturated carbocycles. The standard InChI is InChI=1S/C13H26N2O.ClH/c1-3-14-11(2)10-15-13(16)9-12-7-5-4-6-8-12;/h11-12,14H,3-10H2,1-2H3,(H,15,16);1H/t11-;/m1./s1. The van der Waals surface area contributed by atoms with Gasteiger partial charge in [0.15, 0.2) is 0 Å². The fraction of sp³-hybridized carbons (Fsp3) is 0.923. The highest BCUT2D eigenvalue weighted by molar-refractivity contribution is 5.85. The Hall–Kier alpha value is -0.280. The van der Waals surface area contributed by atoms with Crippen molar-refractivity contribution in [3.05, 3.63) is 0 Å². The van der Waals surface area contributed by atoms with Crippen LogP contribution in [0.15, 0.2) is 0 Å². The SMILES string of the molecule is CCN[C@H](C)CNC(=O)CC1CCCCC1.Cl. The number of carbonyl (C=O) groups excluding carboxylic acids is 1. The molecule has 1 rings (SSSR count). The van der Waals surface area contributed by atoms with Crippen LogP contribution >= 0.6 is 12.4 Å². The van der Waals surface area contributed by atoms with E-state index in [-0.39, 0.29) is 18.3 Å². The molecule has 0 radical (unpaired) electrons. The van der Waals surface area contributed by atoms with Crippen molar-refractivity contribution in [1.82, 2.24) is 10.6 Å². The van der Waals surface area contributed by atoms with E-state index in [4.69, 9.17) is 0 Å². The zero-order valence-electron chi connectivity index (χ0n) is 11.1. The quantitative estimate of drug-likeness (QED) is 0.772. The van der Waals surface area contributed by atoms with Crippen molar-refractivity contribution in [1.29, 1.82) is 0 Å². The Morgan fingerprint density at radius 1 is 1.29 bits per heavy atom. The van der Waals surface area contributed by atoms with Gasteiger partial charge in [0.2, 0.25) is 5.91 Å². The molecule has 0 saturated heterocycles. The van der Waals surface area contributed by atoms with Gasteiger partial charge in [0.05, 0.1) is 0 Å². The topological polar surface area (TPSA) is 41.1 Å². The molecule has 0 aromatic heterocycles. The van der Waals surface area contributed by atoms with Crippen molar-refractivity contribution >= 4 is 18.3 Å². The third kappa shape index (κ3) is 7.61. The van der Waals surface area contributed by atoms with E-state index in [9.17, 15) is 4.79 Å². The molecule has 0 bridgehead atoms. The summed E-state index contributed by atoms with van der Waals surface area (Å²) in [6, 6.07) is 0.375. The molecule has 0 heterocycles. The summed E-state index contributed by atoms with van der Waals surface area (Å²) in [4.78, 5) is 11.7. The van der Waals surface area contributed by atoms with Crippen molar-refractivity contribution in [2.75, 3.05) is 13.1 Å². The minimum atomic E-state index is 0. The molecule has 1 aliphatic carbocycles. The van der Waals surface area contributed by atoms with E-state index in [0.717, 1.165) is 19.5 Å². The lowest BCUT2D eigenvalue weighted by atomic mass is 9.87. The number of carbonyl (C=O) groups is 1. The smallest absolute Gasteiger partial charge is 0.220 e. The number of hydrogen-bond acceptors (Lipinski definition) is 2. The van der Waals surface area contributed by atoms with E-state index in [0.29, 0.717) is 12.0 Å². The van der Waals surface area contributed by atoms with Crippen LogP contribution in [0, 0.1) is 5.92 Å². The molecule has 1 atom stereocenters. The van der Waals surface area contributed by atoms with Gasteiger partial charge >= 0.3 is 0 Å². The number of likely N-dealkylation sites (N-methyl/N-ethyl adjacent to an activating group) is 1. The highest BCUT2D eigenvalue weighted by Crippen LogP contribution is 2.25. The fourth-order valence-corrected chi connectivity index (χ4v) is 2.41. The molecule has 0 spiro atoms. The molecule has 0 unspecified atom stereocenters. The molecule has 1 aliphatic rings. The summed E-state index contributed by atoms with van der Waals surface area (Å²) < 4.78 is 0. The van der Waals surface area contributed by atoms with Crippen LogP contribution in [0.5, 0.6) is 0 Å². The van der Waals surface area contributed by atoms with E-state index in [1.54, 1.807) is 0 Å². The van der Waals surface area contributed by atoms with E-state index < -0.39 is 0 Å². The third-order valence-electron chi connectivity index (χ3n) is 3.36. The van der Waals surface area contributed by atoms with Crippen LogP contribution in [0.25, 0.3) is 0 Å². The molecule has 3 nitrogen and oxygen atoms in total. The van der Waals surface area contributed by atoms with Gasteiger partial charge in [-0.2, -0.15) is 0 Å². The minimum absolute atomic E-state index is 0. The molecule has 2 N–H and O–H groups in total. The maximum atomic E-state index is 11.7. The number of rotatable bonds is 6. The van der Waals surface area contributed by atoms with Crippen molar-refractivity contribution in [3.63, 3.8) is 0 Å². The summed E-state index contributed by atoms with van der Waals surface area (Å²) in [6.45, 7) is 5.89. The molecule has 102 valence electrons. The van der Waals surface area contributed by atoms with Crippen LogP contribution in [0.4, 0.5) is 0 Å². The maximum absolute atomic E-state index is 11.7. The van der Waals surface area contributed by atoms with Gasteiger partial charge in [-0.3, -0.25) is 4.79 Å². The molecule has 4 heteroatoms. The number of amides is 1. The molecule has 1 amide bonds. The molecule has 1 fully saturated rings. The van der Waals surface area contributed by atoms with Gasteiger partial charge in [-0.15, -0.1) is 12.4 Å². The highest BCUT2D eigenvalue weighted by atomic mass is 35.5.